The number of nitrogens with zero attached hydrogens (tertiary/aromatic N) is 8. The summed E-state index contributed by atoms with van der Waals surface area (Å²) in [7, 11) is -18.8. The average Bonchev–Trinajstić information content (AvgIpc) is 1.63. The molecule has 8 N–H and O–H groups in total. The molecule has 99 heavy (non-hydrogen) atoms. The zero-order valence-electron chi connectivity index (χ0n) is 55.5. The van der Waals surface area contributed by atoms with Gasteiger partial charge in [-0.3, -0.25) is 27.4 Å². The third-order valence-corrected chi connectivity index (χ3v) is 27.5. The number of hydrogen-bond donors (Lipinski definition) is 6. The van der Waals surface area contributed by atoms with E-state index in [1.165, 1.54) is 48.7 Å². The van der Waals surface area contributed by atoms with E-state index in [4.69, 9.17) is 81.2 Å². The van der Waals surface area contributed by atoms with E-state index in [0.717, 1.165) is 0 Å². The maximum atomic E-state index is 15.7. The second-order valence-corrected chi connectivity index (χ2v) is 34.3. The normalized spacial score (nSPS) is 25.6. The van der Waals surface area contributed by atoms with Crippen molar-refractivity contribution >= 4 is 76.3 Å². The van der Waals surface area contributed by atoms with E-state index in [2.05, 4.69) is 29.9 Å². The molecule has 6 aliphatic heterocycles. The fourth-order valence-electron chi connectivity index (χ4n) is 12.9. The van der Waals surface area contributed by atoms with E-state index in [9.17, 15) is 38.7 Å². The summed E-state index contributed by atoms with van der Waals surface area (Å²) in [4.78, 5) is 74.5. The number of cyclic esters (lactones) is 2. The summed E-state index contributed by atoms with van der Waals surface area (Å²) < 4.78 is 153. The lowest BCUT2D eigenvalue weighted by Gasteiger charge is -2.28. The molecule has 6 aromatic rings. The number of benzene rings is 2. The molecular weight excluding hydrogens is 1380 g/mol. The number of methoxy groups -OCH3 is 2. The molecule has 0 radical (unpaired) electrons. The van der Waals surface area contributed by atoms with Crippen molar-refractivity contribution < 1.29 is 118 Å². The minimum absolute atomic E-state index is 0.000565. The Labute approximate surface area is 565 Å². The topological polar surface area (TPSA) is 461 Å². The van der Waals surface area contributed by atoms with Crippen molar-refractivity contribution in [3.63, 3.8) is 0 Å². The summed E-state index contributed by atoms with van der Waals surface area (Å²) >= 11 is 0. The van der Waals surface area contributed by atoms with Crippen molar-refractivity contribution in [3.8, 4) is 23.0 Å². The van der Waals surface area contributed by atoms with Crippen molar-refractivity contribution in [3.05, 3.63) is 93.1 Å². The number of aromatic nitrogens is 8. The van der Waals surface area contributed by atoms with Crippen LogP contribution < -0.4 is 20.9 Å². The number of phenolic OH excluding ortho intramolecular Hbond substituents is 2. The van der Waals surface area contributed by atoms with Gasteiger partial charge in [-0.15, -0.1) is 0 Å². The molecule has 35 nitrogen and oxygen atoms in total. The summed E-state index contributed by atoms with van der Waals surface area (Å²) in [5.74, 6) is -6.88. The zero-order chi connectivity index (χ0) is 71.1. The third-order valence-electron chi connectivity index (χ3n) is 17.6. The zero-order valence-corrected chi connectivity index (χ0v) is 59.0. The molecule has 8 unspecified atom stereocenters. The molecule has 4 aromatic heterocycles. The number of esters is 2. The Morgan fingerprint density at radius 1 is 0.606 bits per heavy atom. The summed E-state index contributed by atoms with van der Waals surface area (Å²) in [5.41, 5.74) is 16.8. The van der Waals surface area contributed by atoms with Crippen LogP contribution in [-0.4, -0.2) is 172 Å². The number of fused-ring (bicyclic) bond motifs is 6. The number of anilines is 2. The van der Waals surface area contributed by atoms with Crippen LogP contribution in [0.2, 0.25) is 0 Å². The fourth-order valence-corrected chi connectivity index (χ4v) is 22.5. The van der Waals surface area contributed by atoms with Crippen LogP contribution in [0, 0.1) is 13.8 Å². The Morgan fingerprint density at radius 2 is 0.990 bits per heavy atom. The van der Waals surface area contributed by atoms with Gasteiger partial charge in [0.15, 0.2) is 58.8 Å². The Kier molecular flexibility index (Phi) is 20.0. The van der Waals surface area contributed by atoms with Crippen LogP contribution >= 0.6 is 30.4 Å². The molecular formula is C60H76N10O25P4. The first-order chi connectivity index (χ1) is 46.7. The number of allylic oxidation sites excluding steroid dienone is 2. The van der Waals surface area contributed by atoms with Crippen LogP contribution in [-0.2, 0) is 105 Å². The van der Waals surface area contributed by atoms with Crippen molar-refractivity contribution in [1.82, 2.24) is 39.0 Å². The first-order valence-electron chi connectivity index (χ1n) is 31.2. The van der Waals surface area contributed by atoms with E-state index in [-0.39, 0.29) is 107 Å². The number of nitrogens with two attached hydrogens (primary N) is 2. The molecule has 0 bridgehead atoms. The van der Waals surface area contributed by atoms with Crippen LogP contribution in [0.3, 0.4) is 0 Å². The van der Waals surface area contributed by atoms with Gasteiger partial charge in [0.05, 0.1) is 53.3 Å². The second kappa shape index (κ2) is 27.5. The highest BCUT2D eigenvalue weighted by Gasteiger charge is 2.59. The smallest absolute Gasteiger partial charge is 0.349 e. The van der Waals surface area contributed by atoms with Crippen LogP contribution in [0.1, 0.15) is 121 Å². The summed E-state index contributed by atoms with van der Waals surface area (Å²) in [6, 6.07) is 0. The van der Waals surface area contributed by atoms with Crippen molar-refractivity contribution in [2.24, 2.45) is 0 Å². The largest absolute Gasteiger partial charge is 0.507 e. The minimum Gasteiger partial charge on any atom is -0.507 e. The van der Waals surface area contributed by atoms with Gasteiger partial charge < -0.3 is 96.9 Å². The lowest BCUT2D eigenvalue weighted by atomic mass is 9.95. The molecule has 2 aromatic carbocycles. The number of imidazole rings is 2. The number of rotatable bonds is 28. The van der Waals surface area contributed by atoms with Gasteiger partial charge in [-0.2, -0.15) is 0 Å². The molecule has 12 rings (SSSR count). The predicted octanol–water partition coefficient (Wildman–Crippen LogP) is 7.96. The van der Waals surface area contributed by atoms with E-state index in [0.29, 0.717) is 44.9 Å². The summed E-state index contributed by atoms with van der Waals surface area (Å²) in [6.07, 6.45) is 0.151. The van der Waals surface area contributed by atoms with Gasteiger partial charge in [-0.25, -0.2) is 43.8 Å². The Hall–Kier alpha value is -6.84. The fraction of sp³-hybridized carbons (Fsp3) is 0.533. The van der Waals surface area contributed by atoms with Crippen LogP contribution in [0.25, 0.3) is 22.3 Å². The number of nitrogen functional groups attached to an aromatic ring is 2. The van der Waals surface area contributed by atoms with Crippen molar-refractivity contribution in [2.75, 3.05) is 63.9 Å². The van der Waals surface area contributed by atoms with Gasteiger partial charge in [-0.05, 0) is 92.2 Å². The number of ether oxygens (including phenoxy) is 10. The molecule has 0 aliphatic carbocycles. The highest BCUT2D eigenvalue weighted by molar-refractivity contribution is 7.79. The van der Waals surface area contributed by atoms with Gasteiger partial charge in [-0.1, -0.05) is 23.3 Å². The monoisotopic (exact) mass is 1460 g/mol. The van der Waals surface area contributed by atoms with E-state index in [1.54, 1.807) is 67.5 Å². The molecule has 536 valence electrons. The SMILES string of the molecule is COc1c(C)c2c(c(O)c1CC=C(C)CCOP(=O)(CP(=O)(O)OC[C@@H]1O[C@H](n3cnc4c(N)ncnc43)C3OC(C)(C)OC31)OP(=O)(CP(=O)(O)OC[C@H]1O[C@@H](n3cnc4c(N)ncnc43)C3OC(C)(C)OC31)OCCC(C)=CCc1c(O)c3c(c(C)c1OC)COC3=O)C(=O)OC2. The summed E-state index contributed by atoms with van der Waals surface area (Å²) in [6.45, 7) is 10.5. The van der Waals surface area contributed by atoms with Gasteiger partial charge in [0, 0.05) is 22.3 Å². The predicted molar refractivity (Wildman–Crippen MR) is 346 cm³/mol. The quantitative estimate of drug-likeness (QED) is 0.0154. The number of aromatic hydroxyl groups is 2. The Balaban J connectivity index is 0.829. The molecule has 0 saturated carbocycles. The van der Waals surface area contributed by atoms with Crippen molar-refractivity contribution in [1.29, 1.82) is 0 Å². The number of hydrogen-bond acceptors (Lipinski definition) is 31. The lowest BCUT2D eigenvalue weighted by molar-refractivity contribution is -0.199. The molecule has 4 saturated heterocycles. The van der Waals surface area contributed by atoms with E-state index in [1.807, 2.05) is 0 Å². The molecule has 12 atom stereocenters. The highest BCUT2D eigenvalue weighted by atomic mass is 31.3. The van der Waals surface area contributed by atoms with Gasteiger partial charge in [0.1, 0.15) is 108 Å². The summed E-state index contributed by atoms with van der Waals surface area (Å²) in [5, 5.41) is 22.7. The number of phenols is 2. The molecule has 0 spiro atoms. The minimum atomic E-state index is -5.46. The van der Waals surface area contributed by atoms with E-state index < -0.39 is 141 Å². The number of carbonyl (C=O) groups is 2. The average molecular weight is 1460 g/mol. The molecule has 39 heteroatoms. The van der Waals surface area contributed by atoms with E-state index >= 15 is 9.13 Å². The van der Waals surface area contributed by atoms with Crippen LogP contribution in [0.4, 0.5) is 11.6 Å². The highest BCUT2D eigenvalue weighted by Crippen LogP contribution is 2.74. The van der Waals surface area contributed by atoms with Gasteiger partial charge >= 0.3 is 42.3 Å². The first kappa shape index (κ1) is 72.0. The molecule has 6 aliphatic rings. The molecule has 4 fully saturated rings. The maximum Gasteiger partial charge on any atom is 0.349 e. The molecule has 10 heterocycles. The Morgan fingerprint density at radius 3 is 1.37 bits per heavy atom. The third kappa shape index (κ3) is 14.6. The van der Waals surface area contributed by atoms with Gasteiger partial charge in [0.2, 0.25) is 0 Å². The van der Waals surface area contributed by atoms with Crippen molar-refractivity contribution in [2.45, 2.75) is 155 Å². The van der Waals surface area contributed by atoms with Gasteiger partial charge in [0.25, 0.3) is 0 Å². The molecule has 0 amide bonds. The maximum absolute atomic E-state index is 15.7. The standard InChI is InChI=1S/C60H76N10O25P4/c1-29(11-13-33-43(71)39-35(19-83-57(39)73)31(3)45(33)81-9)15-17-85-98(79,27-96(75,76)87-21-37-47-49(93-59(5,6)91-47)55(89-37)69-25-67-41-51(61)63-23-65-53(41)69)95-99(80,86-18-16-30(2)12-14-34-44(72)40-36(20-84-58(40)74)32(4)46(34)82-10)28-97(77,78)88-22-38-48-50(94-60(7,8)92-48)56(90-38)70-26-68-42-52(62)64-24-66-54(42)70/h11-12,23-26,37-38,47-50,55-56,71-72H,13-22,27-28H2,1-10H3,(H,75,76)(H,77,78)(H2,61,63,65)(H2,62,64,66)/t37-,38+,47?,48?,49?,50?,55-,56+,98?,99?. The Bertz CT molecular complexity index is 4190. The first-order valence-corrected chi connectivity index (χ1v) is 38.2. The van der Waals surface area contributed by atoms with Crippen LogP contribution in [0.15, 0.2) is 48.6 Å². The number of carbonyl (C=O) groups excluding carboxylic acids is 2. The second-order valence-electron chi connectivity index (χ2n) is 25.4. The lowest BCUT2D eigenvalue weighted by Crippen LogP contribution is -2.32. The van der Waals surface area contributed by atoms with Crippen LogP contribution in [0.5, 0.6) is 23.0 Å².